The molecule has 0 N–H and O–H groups in total. The van der Waals surface area contributed by atoms with Crippen LogP contribution in [0.3, 0.4) is 0 Å². The summed E-state index contributed by atoms with van der Waals surface area (Å²) in [4.78, 5) is 25.4. The Hall–Kier alpha value is -1.26. The SMILES string of the molecule is CCOC(=O)C(C)C1CCN(C(=O)OC(C)(C)C)CC1. The second kappa shape index (κ2) is 6.95. The van der Waals surface area contributed by atoms with Gasteiger partial charge in [-0.25, -0.2) is 4.79 Å². The summed E-state index contributed by atoms with van der Waals surface area (Å²) >= 11 is 0. The number of nitrogens with zero attached hydrogens (tertiary/aromatic N) is 1. The molecular formula is C15H27NO4. The number of carbonyl (C=O) groups excluding carboxylic acids is 2. The summed E-state index contributed by atoms with van der Waals surface area (Å²) in [6.07, 6.45) is 1.37. The zero-order valence-electron chi connectivity index (χ0n) is 13.3. The highest BCUT2D eigenvalue weighted by Gasteiger charge is 2.32. The first-order valence-corrected chi connectivity index (χ1v) is 7.39. The molecule has 0 saturated carbocycles. The molecule has 1 fully saturated rings. The third kappa shape index (κ3) is 5.02. The van der Waals surface area contributed by atoms with Gasteiger partial charge in [-0.15, -0.1) is 0 Å². The summed E-state index contributed by atoms with van der Waals surface area (Å²) in [6, 6.07) is 0. The smallest absolute Gasteiger partial charge is 0.410 e. The van der Waals surface area contributed by atoms with Gasteiger partial charge in [-0.2, -0.15) is 0 Å². The van der Waals surface area contributed by atoms with Crippen LogP contribution in [0.15, 0.2) is 0 Å². The van der Waals surface area contributed by atoms with Gasteiger partial charge in [0.1, 0.15) is 5.60 Å². The van der Waals surface area contributed by atoms with Crippen molar-refractivity contribution < 1.29 is 19.1 Å². The Bertz CT molecular complexity index is 340. The highest BCUT2D eigenvalue weighted by atomic mass is 16.6. The fraction of sp³-hybridized carbons (Fsp3) is 0.867. The molecule has 0 spiro atoms. The van der Waals surface area contributed by atoms with Crippen molar-refractivity contribution in [3.05, 3.63) is 0 Å². The Kier molecular flexibility index (Phi) is 5.84. The molecule has 5 heteroatoms. The first-order chi connectivity index (χ1) is 9.24. The normalized spacial score (nSPS) is 18.6. The lowest BCUT2D eigenvalue weighted by atomic mass is 9.85. The van der Waals surface area contributed by atoms with Crippen molar-refractivity contribution in [2.45, 2.75) is 53.1 Å². The number of amides is 1. The van der Waals surface area contributed by atoms with Crippen molar-refractivity contribution >= 4 is 12.1 Å². The van der Waals surface area contributed by atoms with Crippen LogP contribution in [-0.4, -0.2) is 42.3 Å². The van der Waals surface area contributed by atoms with E-state index >= 15 is 0 Å². The monoisotopic (exact) mass is 285 g/mol. The van der Waals surface area contributed by atoms with Crippen LogP contribution >= 0.6 is 0 Å². The Labute approximate surface area is 121 Å². The molecule has 0 aromatic heterocycles. The van der Waals surface area contributed by atoms with E-state index in [1.807, 2.05) is 34.6 Å². The van der Waals surface area contributed by atoms with E-state index in [-0.39, 0.29) is 23.9 Å². The number of likely N-dealkylation sites (tertiary alicyclic amines) is 1. The number of hydrogen-bond donors (Lipinski definition) is 0. The fourth-order valence-electron chi connectivity index (χ4n) is 2.37. The van der Waals surface area contributed by atoms with E-state index in [2.05, 4.69) is 0 Å². The van der Waals surface area contributed by atoms with Crippen molar-refractivity contribution in [3.63, 3.8) is 0 Å². The van der Waals surface area contributed by atoms with Gasteiger partial charge in [-0.05, 0) is 46.5 Å². The first kappa shape index (κ1) is 16.8. The van der Waals surface area contributed by atoms with Crippen molar-refractivity contribution in [3.8, 4) is 0 Å². The van der Waals surface area contributed by atoms with Crippen LogP contribution < -0.4 is 0 Å². The summed E-state index contributed by atoms with van der Waals surface area (Å²) in [5.41, 5.74) is -0.466. The molecule has 0 aliphatic carbocycles. The van der Waals surface area contributed by atoms with E-state index in [9.17, 15) is 9.59 Å². The van der Waals surface area contributed by atoms with Gasteiger partial charge in [0.25, 0.3) is 0 Å². The molecule has 1 aliphatic rings. The third-order valence-electron chi connectivity index (χ3n) is 3.56. The minimum Gasteiger partial charge on any atom is -0.466 e. The summed E-state index contributed by atoms with van der Waals surface area (Å²) in [7, 11) is 0. The van der Waals surface area contributed by atoms with Gasteiger partial charge in [0.15, 0.2) is 0 Å². The Morgan fingerprint density at radius 3 is 2.25 bits per heavy atom. The van der Waals surface area contributed by atoms with Gasteiger partial charge in [0.2, 0.25) is 0 Å². The molecule has 0 bridgehead atoms. The number of rotatable bonds is 3. The van der Waals surface area contributed by atoms with Crippen LogP contribution in [0.1, 0.15) is 47.5 Å². The average molecular weight is 285 g/mol. The maximum atomic E-state index is 11.9. The van der Waals surface area contributed by atoms with Crippen LogP contribution in [0.25, 0.3) is 0 Å². The van der Waals surface area contributed by atoms with E-state index in [0.29, 0.717) is 19.7 Å². The van der Waals surface area contributed by atoms with Crippen molar-refractivity contribution in [2.75, 3.05) is 19.7 Å². The number of hydrogen-bond acceptors (Lipinski definition) is 4. The Morgan fingerprint density at radius 2 is 1.80 bits per heavy atom. The molecule has 116 valence electrons. The molecule has 1 aliphatic heterocycles. The predicted molar refractivity (Wildman–Crippen MR) is 76.3 cm³/mol. The number of ether oxygens (including phenoxy) is 2. The van der Waals surface area contributed by atoms with Gasteiger partial charge < -0.3 is 14.4 Å². The summed E-state index contributed by atoms with van der Waals surface area (Å²) in [6.45, 7) is 11.0. The zero-order valence-corrected chi connectivity index (χ0v) is 13.3. The highest BCUT2D eigenvalue weighted by Crippen LogP contribution is 2.26. The Balaban J connectivity index is 2.43. The molecular weight excluding hydrogens is 258 g/mol. The molecule has 1 unspecified atom stereocenters. The van der Waals surface area contributed by atoms with Gasteiger partial charge >= 0.3 is 12.1 Å². The second-order valence-electron chi connectivity index (χ2n) is 6.35. The molecule has 1 heterocycles. The predicted octanol–water partition coefficient (Wildman–Crippen LogP) is 2.83. The van der Waals surface area contributed by atoms with Crippen molar-refractivity contribution in [1.29, 1.82) is 0 Å². The van der Waals surface area contributed by atoms with E-state index in [4.69, 9.17) is 9.47 Å². The van der Waals surface area contributed by atoms with Gasteiger partial charge in [-0.3, -0.25) is 4.79 Å². The van der Waals surface area contributed by atoms with Crippen LogP contribution in [0, 0.1) is 11.8 Å². The fourth-order valence-corrected chi connectivity index (χ4v) is 2.37. The maximum Gasteiger partial charge on any atom is 0.410 e. The highest BCUT2D eigenvalue weighted by molar-refractivity contribution is 5.72. The molecule has 20 heavy (non-hydrogen) atoms. The number of carbonyl (C=O) groups is 2. The molecule has 0 aromatic carbocycles. The van der Waals surface area contributed by atoms with E-state index < -0.39 is 5.60 Å². The van der Waals surface area contributed by atoms with Crippen LogP contribution in [0.5, 0.6) is 0 Å². The summed E-state index contributed by atoms with van der Waals surface area (Å²) in [5, 5.41) is 0. The standard InChI is InChI=1S/C15H27NO4/c1-6-19-13(17)11(2)12-7-9-16(10-8-12)14(18)20-15(3,4)5/h11-12H,6-10H2,1-5H3. The number of esters is 1. The lowest BCUT2D eigenvalue weighted by Crippen LogP contribution is -2.43. The summed E-state index contributed by atoms with van der Waals surface area (Å²) < 4.78 is 10.4. The van der Waals surface area contributed by atoms with Gasteiger partial charge in [0, 0.05) is 13.1 Å². The average Bonchev–Trinajstić information content (AvgIpc) is 2.36. The molecule has 0 aromatic rings. The summed E-state index contributed by atoms with van der Waals surface area (Å²) in [5.74, 6) is 0.0479. The zero-order chi connectivity index (χ0) is 15.3. The number of piperidine rings is 1. The maximum absolute atomic E-state index is 11.9. The van der Waals surface area contributed by atoms with E-state index in [0.717, 1.165) is 12.8 Å². The molecule has 0 radical (unpaired) electrons. The van der Waals surface area contributed by atoms with Crippen LogP contribution in [0.2, 0.25) is 0 Å². The minimum absolute atomic E-state index is 0.101. The van der Waals surface area contributed by atoms with E-state index in [1.165, 1.54) is 0 Å². The molecule has 5 nitrogen and oxygen atoms in total. The quantitative estimate of drug-likeness (QED) is 0.748. The van der Waals surface area contributed by atoms with Gasteiger partial charge in [-0.1, -0.05) is 6.92 Å². The molecule has 1 amide bonds. The Morgan fingerprint density at radius 1 is 1.25 bits per heavy atom. The van der Waals surface area contributed by atoms with E-state index in [1.54, 1.807) is 4.90 Å². The molecule has 1 atom stereocenters. The van der Waals surface area contributed by atoms with Crippen LogP contribution in [0.4, 0.5) is 4.79 Å². The second-order valence-corrected chi connectivity index (χ2v) is 6.35. The van der Waals surface area contributed by atoms with Crippen LogP contribution in [-0.2, 0) is 14.3 Å². The topological polar surface area (TPSA) is 55.8 Å². The largest absolute Gasteiger partial charge is 0.466 e. The van der Waals surface area contributed by atoms with Gasteiger partial charge in [0.05, 0.1) is 12.5 Å². The minimum atomic E-state index is -0.466. The molecule has 1 rings (SSSR count). The van der Waals surface area contributed by atoms with Crippen molar-refractivity contribution in [2.24, 2.45) is 11.8 Å². The lowest BCUT2D eigenvalue weighted by molar-refractivity contribution is -0.149. The van der Waals surface area contributed by atoms with Crippen molar-refractivity contribution in [1.82, 2.24) is 4.90 Å². The first-order valence-electron chi connectivity index (χ1n) is 7.39. The lowest BCUT2D eigenvalue weighted by Gasteiger charge is -2.35. The third-order valence-corrected chi connectivity index (χ3v) is 3.56. The molecule has 1 saturated heterocycles.